The molecule has 27 heavy (non-hydrogen) atoms. The van der Waals surface area contributed by atoms with Crippen LogP contribution in [0, 0.1) is 0 Å². The largest absolute Gasteiger partial charge is 0.444 e. The molecule has 0 bridgehead atoms. The Morgan fingerprint density at radius 1 is 0.926 bits per heavy atom. The number of hydrogen-bond donors (Lipinski definition) is 2. The predicted octanol–water partition coefficient (Wildman–Crippen LogP) is 4.71. The van der Waals surface area contributed by atoms with Crippen LogP contribution in [-0.4, -0.2) is 30.3 Å². The minimum Gasteiger partial charge on any atom is -0.444 e. The number of amides is 1. The van der Waals surface area contributed by atoms with Gasteiger partial charge in [0.05, 0.1) is 6.04 Å². The van der Waals surface area contributed by atoms with Crippen molar-refractivity contribution in [2.45, 2.75) is 58.2 Å². The molecule has 0 aliphatic heterocycles. The highest BCUT2D eigenvalue weighted by Crippen LogP contribution is 2.28. The van der Waals surface area contributed by atoms with Gasteiger partial charge in [0.2, 0.25) is 0 Å². The first-order valence-corrected chi connectivity index (χ1v) is 9.59. The van der Waals surface area contributed by atoms with E-state index in [1.807, 2.05) is 57.2 Å². The quantitative estimate of drug-likeness (QED) is 0.744. The Labute approximate surface area is 163 Å². The number of nitrogens with one attached hydrogen (secondary N) is 2. The molecule has 0 aromatic heterocycles. The van der Waals surface area contributed by atoms with Crippen molar-refractivity contribution >= 4 is 6.09 Å². The summed E-state index contributed by atoms with van der Waals surface area (Å²) in [4.78, 5) is 12.5. The van der Waals surface area contributed by atoms with Crippen molar-refractivity contribution < 1.29 is 9.53 Å². The fraction of sp³-hybridized carbons (Fsp3) is 0.435. The van der Waals surface area contributed by atoms with Gasteiger partial charge in [0, 0.05) is 18.5 Å². The van der Waals surface area contributed by atoms with Gasteiger partial charge >= 0.3 is 6.09 Å². The van der Waals surface area contributed by atoms with Gasteiger partial charge in [0.25, 0.3) is 0 Å². The minimum absolute atomic E-state index is 0.0196. The van der Waals surface area contributed by atoms with Crippen molar-refractivity contribution in [3.63, 3.8) is 0 Å². The molecule has 0 heterocycles. The third-order valence-corrected chi connectivity index (χ3v) is 4.17. The van der Waals surface area contributed by atoms with Crippen molar-refractivity contribution in [3.8, 4) is 0 Å². The highest BCUT2D eigenvalue weighted by atomic mass is 16.6. The van der Waals surface area contributed by atoms with E-state index in [-0.39, 0.29) is 12.0 Å². The van der Waals surface area contributed by atoms with E-state index in [1.54, 1.807) is 0 Å². The normalized spacial score (nSPS) is 12.9. The first kappa shape index (κ1) is 21.0. The zero-order chi connectivity index (χ0) is 19.9. The molecule has 146 valence electrons. The zero-order valence-corrected chi connectivity index (χ0v) is 17.0. The lowest BCUT2D eigenvalue weighted by atomic mass is 9.85. The summed E-state index contributed by atoms with van der Waals surface area (Å²) >= 11 is 0. The maximum atomic E-state index is 12.5. The van der Waals surface area contributed by atoms with E-state index in [4.69, 9.17) is 4.74 Å². The summed E-state index contributed by atoms with van der Waals surface area (Å²) < 4.78 is 5.52. The van der Waals surface area contributed by atoms with Crippen molar-refractivity contribution in [2.75, 3.05) is 6.54 Å². The van der Waals surface area contributed by atoms with E-state index in [2.05, 4.69) is 48.7 Å². The van der Waals surface area contributed by atoms with E-state index < -0.39 is 11.7 Å². The van der Waals surface area contributed by atoms with Crippen LogP contribution in [0.1, 0.15) is 51.7 Å². The Hall–Kier alpha value is -2.33. The van der Waals surface area contributed by atoms with Crippen molar-refractivity contribution in [1.29, 1.82) is 0 Å². The molecule has 2 aromatic rings. The van der Waals surface area contributed by atoms with Crippen LogP contribution in [0.25, 0.3) is 0 Å². The highest BCUT2D eigenvalue weighted by Gasteiger charge is 2.28. The first-order chi connectivity index (χ1) is 12.8. The third-order valence-electron chi connectivity index (χ3n) is 4.17. The number of rotatable bonds is 7. The molecule has 1 atom stereocenters. The third kappa shape index (κ3) is 7.06. The zero-order valence-electron chi connectivity index (χ0n) is 17.0. The molecule has 2 aromatic carbocycles. The van der Waals surface area contributed by atoms with E-state index in [9.17, 15) is 4.79 Å². The smallest absolute Gasteiger partial charge is 0.407 e. The number of hydrogen-bond acceptors (Lipinski definition) is 3. The van der Waals surface area contributed by atoms with Crippen LogP contribution < -0.4 is 10.6 Å². The summed E-state index contributed by atoms with van der Waals surface area (Å²) in [6.45, 7) is 10.5. The van der Waals surface area contributed by atoms with Gasteiger partial charge < -0.3 is 15.4 Å². The van der Waals surface area contributed by atoms with Crippen molar-refractivity contribution in [1.82, 2.24) is 10.6 Å². The van der Waals surface area contributed by atoms with E-state index >= 15 is 0 Å². The molecule has 1 unspecified atom stereocenters. The molecule has 0 spiro atoms. The number of carbonyl (C=O) groups is 1. The average molecular weight is 369 g/mol. The topological polar surface area (TPSA) is 50.4 Å². The molecule has 0 aliphatic carbocycles. The van der Waals surface area contributed by atoms with Gasteiger partial charge in [0.1, 0.15) is 5.60 Å². The lowest BCUT2D eigenvalue weighted by Crippen LogP contribution is -2.48. The molecule has 0 saturated carbocycles. The fourth-order valence-electron chi connectivity index (χ4n) is 3.05. The summed E-state index contributed by atoms with van der Waals surface area (Å²) in [6.07, 6.45) is -0.394. The van der Waals surface area contributed by atoms with E-state index in [0.29, 0.717) is 12.6 Å². The summed E-state index contributed by atoms with van der Waals surface area (Å²) in [5, 5.41) is 6.57. The van der Waals surface area contributed by atoms with Crippen LogP contribution in [0.5, 0.6) is 0 Å². The predicted molar refractivity (Wildman–Crippen MR) is 111 cm³/mol. The molecule has 0 fully saturated rings. The van der Waals surface area contributed by atoms with Crippen LogP contribution in [0.4, 0.5) is 4.79 Å². The SMILES string of the molecule is CC(C)NCC(NC(=O)OC(C)(C)C)C(c1ccccc1)c1ccccc1. The molecule has 0 aliphatic rings. The van der Waals surface area contributed by atoms with Gasteiger partial charge in [-0.25, -0.2) is 4.79 Å². The number of alkyl carbamates (subject to hydrolysis) is 1. The molecule has 2 rings (SSSR count). The second-order valence-electron chi connectivity index (χ2n) is 8.11. The first-order valence-electron chi connectivity index (χ1n) is 9.59. The van der Waals surface area contributed by atoms with E-state index in [0.717, 1.165) is 11.1 Å². The molecule has 4 heteroatoms. The Kier molecular flexibility index (Phi) is 7.43. The Morgan fingerprint density at radius 3 is 1.81 bits per heavy atom. The van der Waals surface area contributed by atoms with Crippen molar-refractivity contribution in [3.05, 3.63) is 71.8 Å². The van der Waals surface area contributed by atoms with Crippen LogP contribution in [0.3, 0.4) is 0 Å². The Morgan fingerprint density at radius 2 is 1.41 bits per heavy atom. The summed E-state index contributed by atoms with van der Waals surface area (Å²) in [5.74, 6) is 0.0196. The highest BCUT2D eigenvalue weighted by molar-refractivity contribution is 5.68. The second kappa shape index (κ2) is 9.56. The summed E-state index contributed by atoms with van der Waals surface area (Å²) in [6, 6.07) is 20.8. The monoisotopic (exact) mass is 368 g/mol. The van der Waals surface area contributed by atoms with Crippen LogP contribution in [0.15, 0.2) is 60.7 Å². The molecule has 2 N–H and O–H groups in total. The lowest BCUT2D eigenvalue weighted by molar-refractivity contribution is 0.0498. The van der Waals surface area contributed by atoms with E-state index in [1.165, 1.54) is 0 Å². The lowest BCUT2D eigenvalue weighted by Gasteiger charge is -2.31. The minimum atomic E-state index is -0.533. The van der Waals surface area contributed by atoms with Crippen LogP contribution in [0.2, 0.25) is 0 Å². The molecular weight excluding hydrogens is 336 g/mol. The van der Waals surface area contributed by atoms with Gasteiger partial charge in [-0.15, -0.1) is 0 Å². The molecular formula is C23H32N2O2. The number of carbonyl (C=O) groups excluding carboxylic acids is 1. The number of ether oxygens (including phenoxy) is 1. The molecule has 0 saturated heterocycles. The second-order valence-corrected chi connectivity index (χ2v) is 8.11. The maximum Gasteiger partial charge on any atom is 0.407 e. The Bertz CT molecular complexity index is 654. The van der Waals surface area contributed by atoms with Gasteiger partial charge in [-0.05, 0) is 31.9 Å². The number of benzene rings is 2. The van der Waals surface area contributed by atoms with Gasteiger partial charge in [-0.1, -0.05) is 74.5 Å². The molecule has 0 radical (unpaired) electrons. The van der Waals surface area contributed by atoms with Gasteiger partial charge in [0.15, 0.2) is 0 Å². The van der Waals surface area contributed by atoms with Gasteiger partial charge in [-0.3, -0.25) is 0 Å². The molecule has 4 nitrogen and oxygen atoms in total. The van der Waals surface area contributed by atoms with Crippen LogP contribution in [-0.2, 0) is 4.74 Å². The fourth-order valence-corrected chi connectivity index (χ4v) is 3.05. The maximum absolute atomic E-state index is 12.5. The molecule has 1 amide bonds. The summed E-state index contributed by atoms with van der Waals surface area (Å²) in [7, 11) is 0. The Balaban J connectivity index is 2.35. The van der Waals surface area contributed by atoms with Gasteiger partial charge in [-0.2, -0.15) is 0 Å². The van der Waals surface area contributed by atoms with Crippen molar-refractivity contribution in [2.24, 2.45) is 0 Å². The van der Waals surface area contributed by atoms with Crippen LogP contribution >= 0.6 is 0 Å². The standard InChI is InChI=1S/C23H32N2O2/c1-17(2)24-16-20(25-22(26)27-23(3,4)5)21(18-12-8-6-9-13-18)19-14-10-7-11-15-19/h6-15,17,20-21,24H,16H2,1-5H3,(H,25,26). The average Bonchev–Trinajstić information content (AvgIpc) is 2.60. The summed E-state index contributed by atoms with van der Waals surface area (Å²) in [5.41, 5.74) is 1.79.